The van der Waals surface area contributed by atoms with Gasteiger partial charge in [0.15, 0.2) is 0 Å². The lowest BCUT2D eigenvalue weighted by Gasteiger charge is -2.12. The maximum absolute atomic E-state index is 3.71. The smallest absolute Gasteiger partial charge is 0.0181 e. The number of fused-ring (bicyclic) bond motifs is 4. The molecule has 0 radical (unpaired) electrons. The van der Waals surface area contributed by atoms with E-state index in [9.17, 15) is 0 Å². The van der Waals surface area contributed by atoms with Crippen molar-refractivity contribution in [3.05, 3.63) is 177 Å². The Hall–Kier alpha value is -4.46. The molecule has 0 saturated carbocycles. The zero-order chi connectivity index (χ0) is 26.2. The van der Waals surface area contributed by atoms with Gasteiger partial charge in [0.25, 0.3) is 0 Å². The number of hydrogen-bond donors (Lipinski definition) is 0. The van der Waals surface area contributed by atoms with Crippen LogP contribution in [-0.4, -0.2) is 0 Å². The van der Waals surface area contributed by atoms with Crippen molar-refractivity contribution >= 4 is 50.0 Å². The summed E-state index contributed by atoms with van der Waals surface area (Å²) in [7, 11) is 0. The van der Waals surface area contributed by atoms with Crippen LogP contribution in [0.4, 0.5) is 0 Å². The van der Waals surface area contributed by atoms with Crippen LogP contribution in [0.5, 0.6) is 0 Å². The highest BCUT2D eigenvalue weighted by Crippen LogP contribution is 2.47. The monoisotopic (exact) mass is 560 g/mol. The van der Waals surface area contributed by atoms with E-state index in [-0.39, 0.29) is 0 Å². The van der Waals surface area contributed by atoms with E-state index in [1.54, 1.807) is 0 Å². The number of hydrogen-bond acceptors (Lipinski definition) is 0. The van der Waals surface area contributed by atoms with Crippen molar-refractivity contribution < 1.29 is 0 Å². The predicted octanol–water partition coefficient (Wildman–Crippen LogP) is 10.8. The molecule has 1 heteroatoms. The van der Waals surface area contributed by atoms with Gasteiger partial charge in [-0.1, -0.05) is 137 Å². The molecule has 39 heavy (non-hydrogen) atoms. The molecule has 0 amide bonds. The van der Waals surface area contributed by atoms with Gasteiger partial charge in [-0.15, -0.1) is 0 Å². The minimum Gasteiger partial charge on any atom is -0.0622 e. The molecule has 7 rings (SSSR count). The third-order valence-electron chi connectivity index (χ3n) is 7.50. The Morgan fingerprint density at radius 3 is 2.08 bits per heavy atom. The van der Waals surface area contributed by atoms with Gasteiger partial charge in [0, 0.05) is 4.47 Å². The first-order valence-electron chi connectivity index (χ1n) is 13.2. The molecule has 0 saturated heterocycles. The van der Waals surface area contributed by atoms with Crippen LogP contribution >= 0.6 is 15.9 Å². The second kappa shape index (κ2) is 10.0. The molecule has 0 fully saturated rings. The van der Waals surface area contributed by atoms with Gasteiger partial charge in [-0.3, -0.25) is 0 Å². The number of rotatable bonds is 4. The second-order valence-corrected chi connectivity index (χ2v) is 10.8. The number of benzene rings is 6. The van der Waals surface area contributed by atoms with Crippen LogP contribution in [0.15, 0.2) is 144 Å². The summed E-state index contributed by atoms with van der Waals surface area (Å²) in [4.78, 5) is 0. The second-order valence-electron chi connectivity index (χ2n) is 9.91. The highest BCUT2D eigenvalue weighted by molar-refractivity contribution is 9.10. The first-order valence-corrected chi connectivity index (χ1v) is 14.0. The van der Waals surface area contributed by atoms with Crippen molar-refractivity contribution in [1.29, 1.82) is 0 Å². The Kier molecular flexibility index (Phi) is 6.07. The Morgan fingerprint density at radius 2 is 1.23 bits per heavy atom. The molecule has 1 aliphatic rings. The summed E-state index contributed by atoms with van der Waals surface area (Å²) in [6.45, 7) is 0. The quantitative estimate of drug-likeness (QED) is 0.188. The third kappa shape index (κ3) is 4.46. The van der Waals surface area contributed by atoms with Crippen molar-refractivity contribution in [2.45, 2.75) is 0 Å². The lowest BCUT2D eigenvalue weighted by atomic mass is 9.91. The van der Waals surface area contributed by atoms with Gasteiger partial charge in [0.1, 0.15) is 0 Å². The zero-order valence-corrected chi connectivity index (χ0v) is 22.9. The Balaban J connectivity index is 1.45. The van der Waals surface area contributed by atoms with Gasteiger partial charge < -0.3 is 0 Å². The summed E-state index contributed by atoms with van der Waals surface area (Å²) in [5.74, 6) is 0. The first-order chi connectivity index (χ1) is 19.2. The van der Waals surface area contributed by atoms with Gasteiger partial charge in [0.2, 0.25) is 0 Å². The number of halogens is 1. The molecule has 184 valence electrons. The minimum atomic E-state index is 1.09. The fraction of sp³-hybridized carbons (Fsp3) is 0. The summed E-state index contributed by atoms with van der Waals surface area (Å²) in [6.07, 6.45) is 4.66. The van der Waals surface area contributed by atoms with Crippen molar-refractivity contribution in [1.82, 2.24) is 0 Å². The SMILES string of the molecule is Brc1ccc2c(c1)-c1ccc(/C(=C\c3ccccc3)c3ccccc3)cc1/C2=C/c1cccc2ccccc12. The van der Waals surface area contributed by atoms with E-state index in [0.29, 0.717) is 0 Å². The van der Waals surface area contributed by atoms with Crippen LogP contribution in [0.2, 0.25) is 0 Å². The molecule has 0 spiro atoms. The standard InChI is InChI=1S/C38H25Br/c39-31-19-21-34-36(23-29-16-9-15-27-14-7-8-17-32(27)29)37-24-30(18-20-33(37)38(34)25-31)35(28-12-5-2-6-13-28)22-26-10-3-1-4-11-26/h1-25H/b35-22-,36-23+. The van der Waals surface area contributed by atoms with Crippen LogP contribution in [0.1, 0.15) is 33.4 Å². The largest absolute Gasteiger partial charge is 0.0622 e. The van der Waals surface area contributed by atoms with Crippen molar-refractivity contribution in [3.63, 3.8) is 0 Å². The molecule has 0 heterocycles. The normalized spacial score (nSPS) is 13.5. The van der Waals surface area contributed by atoms with Crippen LogP contribution in [0, 0.1) is 0 Å². The first kappa shape index (κ1) is 23.6. The van der Waals surface area contributed by atoms with E-state index in [4.69, 9.17) is 0 Å². The van der Waals surface area contributed by atoms with Crippen molar-refractivity contribution in [3.8, 4) is 11.1 Å². The third-order valence-corrected chi connectivity index (χ3v) is 7.99. The van der Waals surface area contributed by atoms with Crippen LogP contribution in [0.25, 0.3) is 45.2 Å². The molecule has 0 unspecified atom stereocenters. The molecule has 1 aliphatic carbocycles. The van der Waals surface area contributed by atoms with E-state index < -0.39 is 0 Å². The molecule has 0 aliphatic heterocycles. The average molecular weight is 562 g/mol. The predicted molar refractivity (Wildman–Crippen MR) is 170 cm³/mol. The van der Waals surface area contributed by atoms with Crippen LogP contribution in [-0.2, 0) is 0 Å². The molecule has 0 nitrogen and oxygen atoms in total. The van der Waals surface area contributed by atoms with E-state index in [1.165, 1.54) is 66.4 Å². The Bertz CT molecular complexity index is 1890. The molecule has 0 aromatic heterocycles. The van der Waals surface area contributed by atoms with E-state index in [1.807, 2.05) is 0 Å². The fourth-order valence-electron chi connectivity index (χ4n) is 5.64. The summed E-state index contributed by atoms with van der Waals surface area (Å²) < 4.78 is 1.09. The Morgan fingerprint density at radius 1 is 0.513 bits per heavy atom. The van der Waals surface area contributed by atoms with Gasteiger partial charge in [-0.05, 0) is 96.8 Å². The average Bonchev–Trinajstić information content (AvgIpc) is 3.28. The maximum Gasteiger partial charge on any atom is 0.0181 e. The van der Waals surface area contributed by atoms with Crippen LogP contribution < -0.4 is 0 Å². The molecule has 6 aromatic rings. The molecular weight excluding hydrogens is 536 g/mol. The lowest BCUT2D eigenvalue weighted by Crippen LogP contribution is -1.91. The zero-order valence-electron chi connectivity index (χ0n) is 21.3. The summed E-state index contributed by atoms with van der Waals surface area (Å²) >= 11 is 3.71. The maximum atomic E-state index is 3.71. The van der Waals surface area contributed by atoms with E-state index in [2.05, 4.69) is 168 Å². The fourth-order valence-corrected chi connectivity index (χ4v) is 6.00. The molecule has 0 N–H and O–H groups in total. The van der Waals surface area contributed by atoms with Crippen molar-refractivity contribution in [2.75, 3.05) is 0 Å². The Labute approximate surface area is 237 Å². The highest BCUT2D eigenvalue weighted by atomic mass is 79.9. The topological polar surface area (TPSA) is 0 Å². The summed E-state index contributed by atoms with van der Waals surface area (Å²) in [6, 6.07) is 50.0. The summed E-state index contributed by atoms with van der Waals surface area (Å²) in [5.41, 5.74) is 12.4. The van der Waals surface area contributed by atoms with Gasteiger partial charge in [-0.2, -0.15) is 0 Å². The van der Waals surface area contributed by atoms with E-state index in [0.717, 1.165) is 4.47 Å². The minimum absolute atomic E-state index is 1.09. The van der Waals surface area contributed by atoms with Gasteiger partial charge >= 0.3 is 0 Å². The summed E-state index contributed by atoms with van der Waals surface area (Å²) in [5, 5.41) is 2.52. The highest BCUT2D eigenvalue weighted by Gasteiger charge is 2.25. The molecular formula is C38H25Br. The molecule has 0 bridgehead atoms. The van der Waals surface area contributed by atoms with E-state index >= 15 is 0 Å². The molecule has 0 atom stereocenters. The van der Waals surface area contributed by atoms with Gasteiger partial charge in [-0.25, -0.2) is 0 Å². The van der Waals surface area contributed by atoms with Gasteiger partial charge in [0.05, 0.1) is 0 Å². The lowest BCUT2D eigenvalue weighted by molar-refractivity contribution is 1.54. The van der Waals surface area contributed by atoms with Crippen LogP contribution in [0.3, 0.4) is 0 Å². The van der Waals surface area contributed by atoms with Crippen molar-refractivity contribution in [2.24, 2.45) is 0 Å². The molecule has 6 aromatic carbocycles.